The molecule has 0 unspecified atom stereocenters. The van der Waals surface area contributed by atoms with E-state index in [1.165, 1.54) is 4.88 Å². The number of halogens is 1. The number of rotatable bonds is 12. The van der Waals surface area contributed by atoms with E-state index in [4.69, 9.17) is 30.8 Å². The van der Waals surface area contributed by atoms with Crippen LogP contribution in [0, 0.1) is 20.8 Å². The van der Waals surface area contributed by atoms with E-state index in [0.717, 1.165) is 33.2 Å². The molecule has 2 N–H and O–H groups in total. The normalized spacial score (nSPS) is 14.4. The summed E-state index contributed by atoms with van der Waals surface area (Å²) in [5.74, 6) is 1.21. The van der Waals surface area contributed by atoms with Crippen LogP contribution in [0.25, 0.3) is 5.00 Å². The highest BCUT2D eigenvalue weighted by Gasteiger charge is 2.32. The number of nitrogens with one attached hydrogen (secondary N) is 2. The molecule has 0 saturated heterocycles. The van der Waals surface area contributed by atoms with Gasteiger partial charge in [-0.15, -0.1) is 21.5 Å². The molecule has 3 aromatic rings. The molecule has 0 bridgehead atoms. The number of hydrogen-bond acceptors (Lipinski definition) is 9. The zero-order valence-corrected chi connectivity index (χ0v) is 27.0. The summed E-state index contributed by atoms with van der Waals surface area (Å²) in [4.78, 5) is 31.0. The Morgan fingerprint density at radius 2 is 1.63 bits per heavy atom. The molecule has 1 atom stereocenters. The average molecular weight is 631 g/mol. The topological polar surface area (TPSA) is 129 Å². The van der Waals surface area contributed by atoms with Crippen LogP contribution in [0.3, 0.4) is 0 Å². The summed E-state index contributed by atoms with van der Waals surface area (Å²) in [7, 11) is 0. The monoisotopic (exact) mass is 630 g/mol. The molecule has 13 heteroatoms. The molecule has 232 valence electrons. The Morgan fingerprint density at radius 3 is 2.28 bits per heavy atom. The van der Waals surface area contributed by atoms with E-state index in [1.54, 1.807) is 32.1 Å². The van der Waals surface area contributed by atoms with Crippen molar-refractivity contribution < 1.29 is 23.8 Å². The van der Waals surface area contributed by atoms with E-state index in [0.29, 0.717) is 50.4 Å². The number of aromatic nitrogens is 3. The van der Waals surface area contributed by atoms with Gasteiger partial charge in [-0.25, -0.2) is 4.79 Å². The van der Waals surface area contributed by atoms with E-state index >= 15 is 0 Å². The standard InChI is InChI=1S/C30H39ClN6O5S/c1-18-19(2)43-28-25(18)26(21-7-9-22(31)10-8-21)34-23(27-36-35-20(3)37(27)28)17-24(38)32-11-13-40-15-16-41-14-12-33-29(39)42-30(4,5)6/h7-10,23H,11-17H2,1-6H3,(H,32,38)(H,33,39)/t23-/m1/s1. The number of benzene rings is 1. The third-order valence-electron chi connectivity index (χ3n) is 6.59. The van der Waals surface area contributed by atoms with Gasteiger partial charge in [-0.05, 0) is 59.2 Å². The lowest BCUT2D eigenvalue weighted by molar-refractivity contribution is -0.121. The second-order valence-corrected chi connectivity index (χ2v) is 12.8. The molecular formula is C30H39ClN6O5S. The Kier molecular flexibility index (Phi) is 10.9. The van der Waals surface area contributed by atoms with Crippen molar-refractivity contribution >= 4 is 40.6 Å². The van der Waals surface area contributed by atoms with Crippen LogP contribution in [0.2, 0.25) is 5.02 Å². The molecule has 43 heavy (non-hydrogen) atoms. The number of ether oxygens (including phenoxy) is 3. The molecule has 0 aliphatic carbocycles. The Labute approximate surface area is 261 Å². The second kappa shape index (κ2) is 14.4. The maximum absolute atomic E-state index is 13.0. The molecule has 3 heterocycles. The number of amides is 2. The summed E-state index contributed by atoms with van der Waals surface area (Å²) in [5, 5.41) is 16.0. The predicted molar refractivity (Wildman–Crippen MR) is 167 cm³/mol. The molecule has 11 nitrogen and oxygen atoms in total. The Morgan fingerprint density at radius 1 is 0.977 bits per heavy atom. The van der Waals surface area contributed by atoms with Crippen molar-refractivity contribution in [3.05, 3.63) is 62.5 Å². The van der Waals surface area contributed by atoms with Gasteiger partial charge in [0.15, 0.2) is 5.82 Å². The van der Waals surface area contributed by atoms with Crippen molar-refractivity contribution in [3.8, 4) is 5.00 Å². The van der Waals surface area contributed by atoms with E-state index < -0.39 is 17.7 Å². The minimum Gasteiger partial charge on any atom is -0.444 e. The number of aryl methyl sites for hydroxylation is 2. The minimum atomic E-state index is -0.539. The summed E-state index contributed by atoms with van der Waals surface area (Å²) >= 11 is 7.85. The number of alkyl carbamates (subject to hydrolysis) is 1. The van der Waals surface area contributed by atoms with E-state index in [-0.39, 0.29) is 12.3 Å². The lowest BCUT2D eigenvalue weighted by atomic mass is 9.99. The first-order valence-electron chi connectivity index (χ1n) is 14.2. The van der Waals surface area contributed by atoms with Crippen molar-refractivity contribution in [2.45, 2.75) is 59.6 Å². The van der Waals surface area contributed by atoms with Crippen molar-refractivity contribution in [2.75, 3.05) is 39.5 Å². The van der Waals surface area contributed by atoms with Gasteiger partial charge < -0.3 is 24.8 Å². The highest BCUT2D eigenvalue weighted by atomic mass is 35.5. The molecule has 0 radical (unpaired) electrons. The maximum Gasteiger partial charge on any atom is 0.407 e. The maximum atomic E-state index is 13.0. The average Bonchev–Trinajstić information content (AvgIpc) is 3.41. The molecule has 0 saturated carbocycles. The molecular weight excluding hydrogens is 592 g/mol. The summed E-state index contributed by atoms with van der Waals surface area (Å²) < 4.78 is 18.2. The van der Waals surface area contributed by atoms with Gasteiger partial charge in [0.05, 0.1) is 38.6 Å². The number of thiophene rings is 1. The number of aliphatic imine (C=N–C) groups is 1. The summed E-state index contributed by atoms with van der Waals surface area (Å²) in [6.45, 7) is 13.6. The van der Waals surface area contributed by atoms with Crippen LogP contribution in [0.4, 0.5) is 4.79 Å². The molecule has 1 aliphatic heterocycles. The van der Waals surface area contributed by atoms with Gasteiger partial charge in [0.25, 0.3) is 0 Å². The molecule has 0 spiro atoms. The van der Waals surface area contributed by atoms with Gasteiger partial charge >= 0.3 is 6.09 Å². The van der Waals surface area contributed by atoms with Gasteiger partial charge in [-0.1, -0.05) is 23.7 Å². The first-order chi connectivity index (χ1) is 20.4. The summed E-state index contributed by atoms with van der Waals surface area (Å²) in [6.07, 6.45) is -0.369. The van der Waals surface area contributed by atoms with Crippen LogP contribution < -0.4 is 10.6 Å². The van der Waals surface area contributed by atoms with Crippen LogP contribution in [0.1, 0.15) is 66.5 Å². The van der Waals surface area contributed by atoms with Gasteiger partial charge in [0.1, 0.15) is 22.5 Å². The van der Waals surface area contributed by atoms with E-state index in [9.17, 15) is 9.59 Å². The Hall–Kier alpha value is -3.32. The van der Waals surface area contributed by atoms with Crippen LogP contribution >= 0.6 is 22.9 Å². The van der Waals surface area contributed by atoms with Crippen LogP contribution in [-0.2, 0) is 19.0 Å². The molecule has 2 amide bonds. The van der Waals surface area contributed by atoms with Crippen molar-refractivity contribution in [3.63, 3.8) is 0 Å². The third-order valence-corrected chi connectivity index (χ3v) is 8.04. The highest BCUT2D eigenvalue weighted by Crippen LogP contribution is 2.39. The number of hydrogen-bond donors (Lipinski definition) is 2. The quantitative estimate of drug-likeness (QED) is 0.273. The van der Waals surface area contributed by atoms with E-state index in [2.05, 4.69) is 34.7 Å². The molecule has 1 aliphatic rings. The SMILES string of the molecule is Cc1sc2c(c1C)C(c1ccc(Cl)cc1)=N[C@H](CC(=O)NCCOCCOCCNC(=O)OC(C)(C)C)c1nnc(C)n1-2. The lowest BCUT2D eigenvalue weighted by Gasteiger charge is -2.19. The van der Waals surface area contributed by atoms with Crippen LogP contribution in [-0.4, -0.2) is 77.6 Å². The van der Waals surface area contributed by atoms with Crippen molar-refractivity contribution in [1.29, 1.82) is 0 Å². The van der Waals surface area contributed by atoms with Crippen molar-refractivity contribution in [2.24, 2.45) is 4.99 Å². The number of nitrogens with zero attached hydrogens (tertiary/aromatic N) is 4. The molecule has 0 fully saturated rings. The fraction of sp³-hybridized carbons (Fsp3) is 0.500. The zero-order valence-electron chi connectivity index (χ0n) is 25.5. The fourth-order valence-electron chi connectivity index (χ4n) is 4.50. The third kappa shape index (κ3) is 8.62. The smallest absolute Gasteiger partial charge is 0.407 e. The Balaban J connectivity index is 1.30. The summed E-state index contributed by atoms with van der Waals surface area (Å²) in [5.41, 5.74) is 3.35. The number of carbonyl (C=O) groups is 2. The van der Waals surface area contributed by atoms with Crippen molar-refractivity contribution in [1.82, 2.24) is 25.4 Å². The van der Waals surface area contributed by atoms with Gasteiger partial charge in [0, 0.05) is 34.1 Å². The molecule has 2 aromatic heterocycles. The van der Waals surface area contributed by atoms with Gasteiger partial charge in [-0.3, -0.25) is 14.4 Å². The highest BCUT2D eigenvalue weighted by molar-refractivity contribution is 7.15. The first-order valence-corrected chi connectivity index (χ1v) is 15.4. The first kappa shape index (κ1) is 32.6. The number of carbonyl (C=O) groups excluding carboxylic acids is 2. The lowest BCUT2D eigenvalue weighted by Crippen LogP contribution is -2.34. The fourth-order valence-corrected chi connectivity index (χ4v) is 5.84. The van der Waals surface area contributed by atoms with Crippen LogP contribution in [0.5, 0.6) is 0 Å². The number of fused-ring (bicyclic) bond motifs is 3. The minimum absolute atomic E-state index is 0.107. The summed E-state index contributed by atoms with van der Waals surface area (Å²) in [6, 6.07) is 7.06. The molecule has 1 aromatic carbocycles. The van der Waals surface area contributed by atoms with Gasteiger partial charge in [-0.2, -0.15) is 0 Å². The zero-order chi connectivity index (χ0) is 31.1. The van der Waals surface area contributed by atoms with Gasteiger partial charge in [0.2, 0.25) is 5.91 Å². The molecule has 4 rings (SSSR count). The Bertz CT molecular complexity index is 1460. The largest absolute Gasteiger partial charge is 0.444 e. The van der Waals surface area contributed by atoms with E-state index in [1.807, 2.05) is 35.8 Å². The predicted octanol–water partition coefficient (Wildman–Crippen LogP) is 4.86. The second-order valence-electron chi connectivity index (χ2n) is 11.1. The van der Waals surface area contributed by atoms with Crippen LogP contribution in [0.15, 0.2) is 29.3 Å².